The molecule has 13 heavy (non-hydrogen) atoms. The molecule has 0 aliphatic heterocycles. The van der Waals surface area contributed by atoms with Gasteiger partial charge in [-0.15, -0.1) is 6.42 Å². The first-order valence-electron chi connectivity index (χ1n) is 4.24. The second kappa shape index (κ2) is 5.23. The number of anilines is 1. The molecule has 68 valence electrons. The molecule has 1 aromatic rings. The molecule has 0 spiro atoms. The van der Waals surface area contributed by atoms with Crippen molar-refractivity contribution in [3.8, 4) is 12.3 Å². The zero-order chi connectivity index (χ0) is 9.52. The van der Waals surface area contributed by atoms with E-state index >= 15 is 0 Å². The highest BCUT2D eigenvalue weighted by Gasteiger charge is 1.92. The number of rotatable bonds is 4. The maximum absolute atomic E-state index is 8.69. The van der Waals surface area contributed by atoms with Crippen LogP contribution in [0.5, 0.6) is 0 Å². The fourth-order valence-corrected chi connectivity index (χ4v) is 1.07. The monoisotopic (exact) mass is 175 g/mol. The van der Waals surface area contributed by atoms with E-state index in [9.17, 15) is 0 Å². The Morgan fingerprint density at radius 2 is 2.00 bits per heavy atom. The van der Waals surface area contributed by atoms with E-state index in [1.165, 1.54) is 0 Å². The number of hydrogen-bond donors (Lipinski definition) is 2. The van der Waals surface area contributed by atoms with E-state index in [1.54, 1.807) is 0 Å². The summed E-state index contributed by atoms with van der Waals surface area (Å²) in [5.74, 6) is 2.50. The third-order valence-electron chi connectivity index (χ3n) is 1.75. The van der Waals surface area contributed by atoms with Gasteiger partial charge in [-0.05, 0) is 24.1 Å². The van der Waals surface area contributed by atoms with Crippen molar-refractivity contribution in [1.82, 2.24) is 0 Å². The molecule has 0 fully saturated rings. The third kappa shape index (κ3) is 3.18. The predicted molar refractivity (Wildman–Crippen MR) is 54.6 cm³/mol. The lowest BCUT2D eigenvalue weighted by Gasteiger charge is -2.03. The van der Waals surface area contributed by atoms with Gasteiger partial charge in [0.1, 0.15) is 0 Å². The van der Waals surface area contributed by atoms with Crippen molar-refractivity contribution < 1.29 is 5.11 Å². The molecular formula is C11H13NO. The highest BCUT2D eigenvalue weighted by Crippen LogP contribution is 2.09. The van der Waals surface area contributed by atoms with Crippen LogP contribution in [0.3, 0.4) is 0 Å². The van der Waals surface area contributed by atoms with Gasteiger partial charge in [-0.3, -0.25) is 0 Å². The summed E-state index contributed by atoms with van der Waals surface area (Å²) in [6.07, 6.45) is 5.81. The molecule has 2 N–H and O–H groups in total. The SMILES string of the molecule is C#CCNc1ccc(CCO)cc1. The quantitative estimate of drug-likeness (QED) is 0.675. The lowest BCUT2D eigenvalue weighted by Crippen LogP contribution is -1.98. The molecule has 0 atom stereocenters. The van der Waals surface area contributed by atoms with Crippen molar-refractivity contribution >= 4 is 5.69 Å². The molecular weight excluding hydrogens is 162 g/mol. The number of terminal acetylenes is 1. The van der Waals surface area contributed by atoms with Gasteiger partial charge in [0.2, 0.25) is 0 Å². The number of hydrogen-bond acceptors (Lipinski definition) is 2. The zero-order valence-electron chi connectivity index (χ0n) is 7.46. The lowest BCUT2D eigenvalue weighted by atomic mass is 10.1. The Labute approximate surface area is 78.6 Å². The Bertz CT molecular complexity index is 284. The molecule has 2 heteroatoms. The molecule has 0 heterocycles. The minimum absolute atomic E-state index is 0.192. The summed E-state index contributed by atoms with van der Waals surface area (Å²) in [6, 6.07) is 7.88. The lowest BCUT2D eigenvalue weighted by molar-refractivity contribution is 0.299. The normalized spacial score (nSPS) is 9.23. The molecule has 0 radical (unpaired) electrons. The van der Waals surface area contributed by atoms with Crippen molar-refractivity contribution in [2.24, 2.45) is 0 Å². The molecule has 2 nitrogen and oxygen atoms in total. The van der Waals surface area contributed by atoms with Crippen molar-refractivity contribution in [3.63, 3.8) is 0 Å². The Hall–Kier alpha value is -1.46. The van der Waals surface area contributed by atoms with Gasteiger partial charge in [-0.25, -0.2) is 0 Å². The van der Waals surface area contributed by atoms with Gasteiger partial charge < -0.3 is 10.4 Å². The molecule has 0 aliphatic rings. The Morgan fingerprint density at radius 3 is 2.54 bits per heavy atom. The third-order valence-corrected chi connectivity index (χ3v) is 1.75. The average molecular weight is 175 g/mol. The van der Waals surface area contributed by atoms with E-state index in [2.05, 4.69) is 11.2 Å². The summed E-state index contributed by atoms with van der Waals surface area (Å²) in [7, 11) is 0. The largest absolute Gasteiger partial charge is 0.396 e. The maximum Gasteiger partial charge on any atom is 0.0763 e. The van der Waals surface area contributed by atoms with E-state index in [0.717, 1.165) is 11.3 Å². The molecule has 1 aromatic carbocycles. The summed E-state index contributed by atoms with van der Waals surface area (Å²) in [5, 5.41) is 11.8. The van der Waals surface area contributed by atoms with Gasteiger partial charge in [0.25, 0.3) is 0 Å². The van der Waals surface area contributed by atoms with Crippen molar-refractivity contribution in [2.45, 2.75) is 6.42 Å². The van der Waals surface area contributed by atoms with E-state index in [4.69, 9.17) is 11.5 Å². The van der Waals surface area contributed by atoms with Gasteiger partial charge in [0.15, 0.2) is 0 Å². The summed E-state index contributed by atoms with van der Waals surface area (Å²) in [5.41, 5.74) is 2.15. The summed E-state index contributed by atoms with van der Waals surface area (Å²) in [6.45, 7) is 0.733. The first-order valence-corrected chi connectivity index (χ1v) is 4.24. The van der Waals surface area contributed by atoms with Crippen LogP contribution in [-0.4, -0.2) is 18.3 Å². The minimum atomic E-state index is 0.192. The highest BCUT2D eigenvalue weighted by atomic mass is 16.2. The second-order valence-electron chi connectivity index (χ2n) is 2.73. The van der Waals surface area contributed by atoms with Crippen molar-refractivity contribution in [3.05, 3.63) is 29.8 Å². The summed E-state index contributed by atoms with van der Waals surface area (Å²) in [4.78, 5) is 0. The molecule has 1 rings (SSSR count). The molecule has 0 amide bonds. The van der Waals surface area contributed by atoms with E-state index in [0.29, 0.717) is 13.0 Å². The fraction of sp³-hybridized carbons (Fsp3) is 0.273. The van der Waals surface area contributed by atoms with Crippen molar-refractivity contribution in [2.75, 3.05) is 18.5 Å². The maximum atomic E-state index is 8.69. The minimum Gasteiger partial charge on any atom is -0.396 e. The van der Waals surface area contributed by atoms with Crippen LogP contribution in [0.15, 0.2) is 24.3 Å². The van der Waals surface area contributed by atoms with Crippen LogP contribution in [0.1, 0.15) is 5.56 Å². The number of benzene rings is 1. The van der Waals surface area contributed by atoms with E-state index in [-0.39, 0.29) is 6.61 Å². The zero-order valence-corrected chi connectivity index (χ0v) is 7.46. The first kappa shape index (κ1) is 9.63. The van der Waals surface area contributed by atoms with Crippen LogP contribution in [0.2, 0.25) is 0 Å². The van der Waals surface area contributed by atoms with Gasteiger partial charge >= 0.3 is 0 Å². The van der Waals surface area contributed by atoms with E-state index < -0.39 is 0 Å². The van der Waals surface area contributed by atoms with Crippen LogP contribution in [0.25, 0.3) is 0 Å². The van der Waals surface area contributed by atoms with Crippen LogP contribution in [-0.2, 0) is 6.42 Å². The van der Waals surface area contributed by atoms with Crippen LogP contribution in [0.4, 0.5) is 5.69 Å². The molecule has 0 aromatic heterocycles. The molecule has 0 unspecified atom stereocenters. The van der Waals surface area contributed by atoms with Gasteiger partial charge in [0.05, 0.1) is 6.54 Å². The van der Waals surface area contributed by atoms with Crippen LogP contribution >= 0.6 is 0 Å². The average Bonchev–Trinajstić information content (AvgIpc) is 2.17. The Balaban J connectivity index is 2.54. The summed E-state index contributed by atoms with van der Waals surface area (Å²) >= 11 is 0. The van der Waals surface area contributed by atoms with Gasteiger partial charge in [-0.1, -0.05) is 18.1 Å². The summed E-state index contributed by atoms with van der Waals surface area (Å²) < 4.78 is 0. The molecule has 0 saturated carbocycles. The smallest absolute Gasteiger partial charge is 0.0763 e. The molecule has 0 aliphatic carbocycles. The number of aliphatic hydroxyl groups excluding tert-OH is 1. The van der Waals surface area contributed by atoms with Crippen LogP contribution in [0, 0.1) is 12.3 Å². The predicted octanol–water partition coefficient (Wildman–Crippen LogP) is 1.27. The van der Waals surface area contributed by atoms with Gasteiger partial charge in [-0.2, -0.15) is 0 Å². The van der Waals surface area contributed by atoms with Gasteiger partial charge in [0, 0.05) is 12.3 Å². The Morgan fingerprint density at radius 1 is 1.31 bits per heavy atom. The van der Waals surface area contributed by atoms with Crippen LogP contribution < -0.4 is 5.32 Å². The van der Waals surface area contributed by atoms with E-state index in [1.807, 2.05) is 24.3 Å². The highest BCUT2D eigenvalue weighted by molar-refractivity contribution is 5.45. The molecule has 0 saturated heterocycles. The number of aliphatic hydroxyl groups is 1. The Kier molecular flexibility index (Phi) is 3.87. The molecule has 0 bridgehead atoms. The topological polar surface area (TPSA) is 32.3 Å². The fourth-order valence-electron chi connectivity index (χ4n) is 1.07. The first-order chi connectivity index (χ1) is 6.36. The van der Waals surface area contributed by atoms with Crippen molar-refractivity contribution in [1.29, 1.82) is 0 Å². The standard InChI is InChI=1S/C11H13NO/c1-2-8-12-11-5-3-10(4-6-11)7-9-13/h1,3-6,12-13H,7-9H2. The second-order valence-corrected chi connectivity index (χ2v) is 2.73. The number of nitrogens with one attached hydrogen (secondary N) is 1.